The van der Waals surface area contributed by atoms with Crippen LogP contribution >= 0.6 is 0 Å². The van der Waals surface area contributed by atoms with Gasteiger partial charge in [0.05, 0.1) is 11.1 Å². The fourth-order valence-corrected chi connectivity index (χ4v) is 4.85. The molecule has 3 rings (SSSR count). The molecule has 0 amide bonds. The third kappa shape index (κ3) is 10.6. The molecule has 0 N–H and O–H groups in total. The lowest BCUT2D eigenvalue weighted by Crippen LogP contribution is -2.09. The quantitative estimate of drug-likeness (QED) is 0.0914. The summed E-state index contributed by atoms with van der Waals surface area (Å²) in [7, 11) is 0. The third-order valence-corrected chi connectivity index (χ3v) is 7.34. The Bertz CT molecular complexity index is 1200. The van der Waals surface area contributed by atoms with Crippen molar-refractivity contribution in [3.8, 4) is 23.2 Å². The number of hydrogen-bond acceptors (Lipinski definition) is 5. The van der Waals surface area contributed by atoms with Crippen molar-refractivity contribution in [2.24, 2.45) is 0 Å². The van der Waals surface area contributed by atoms with E-state index in [-0.39, 0.29) is 0 Å². The van der Waals surface area contributed by atoms with E-state index in [1.807, 2.05) is 36.7 Å². The number of esters is 1. The van der Waals surface area contributed by atoms with Crippen LogP contribution in [-0.2, 0) is 12.8 Å². The molecule has 0 unspecified atom stereocenters. The summed E-state index contributed by atoms with van der Waals surface area (Å²) in [6, 6.07) is 14.8. The van der Waals surface area contributed by atoms with Crippen molar-refractivity contribution in [1.82, 2.24) is 9.97 Å². The Balaban J connectivity index is 1.49. The molecule has 0 saturated heterocycles. The number of ether oxygens (including phenoxy) is 1. The summed E-state index contributed by atoms with van der Waals surface area (Å²) in [5, 5.41) is 9.64. The van der Waals surface area contributed by atoms with E-state index in [4.69, 9.17) is 4.74 Å². The smallest absolute Gasteiger partial charge is 0.343 e. The first-order chi connectivity index (χ1) is 19.6. The van der Waals surface area contributed by atoms with Crippen molar-refractivity contribution in [3.63, 3.8) is 0 Å². The molecule has 5 heteroatoms. The van der Waals surface area contributed by atoms with Gasteiger partial charge in [-0.1, -0.05) is 103 Å². The topological polar surface area (TPSA) is 75.9 Å². The van der Waals surface area contributed by atoms with Crippen LogP contribution in [0.3, 0.4) is 0 Å². The first kappa shape index (κ1) is 31.0. The van der Waals surface area contributed by atoms with Gasteiger partial charge in [-0.3, -0.25) is 0 Å². The summed E-state index contributed by atoms with van der Waals surface area (Å²) in [6.45, 7) is 4.47. The Labute approximate surface area is 241 Å². The Kier molecular flexibility index (Phi) is 13.9. The highest BCUT2D eigenvalue weighted by atomic mass is 16.5. The number of nitriles is 1. The molecule has 0 aliphatic rings. The van der Waals surface area contributed by atoms with Crippen LogP contribution in [0.25, 0.3) is 11.4 Å². The molecule has 3 aromatic rings. The van der Waals surface area contributed by atoms with E-state index in [1.165, 1.54) is 77.0 Å². The van der Waals surface area contributed by atoms with Gasteiger partial charge in [-0.15, -0.1) is 0 Å². The van der Waals surface area contributed by atoms with Gasteiger partial charge in [-0.05, 0) is 61.1 Å². The predicted octanol–water partition coefficient (Wildman–Crippen LogP) is 9.43. The van der Waals surface area contributed by atoms with Crippen LogP contribution in [-0.4, -0.2) is 15.9 Å². The van der Waals surface area contributed by atoms with Crippen molar-refractivity contribution in [2.45, 2.75) is 110 Å². The van der Waals surface area contributed by atoms with E-state index in [2.05, 4.69) is 29.9 Å². The molecule has 0 spiro atoms. The monoisotopic (exact) mass is 539 g/mol. The second-order valence-electron chi connectivity index (χ2n) is 10.7. The number of unbranched alkanes of at least 4 members (excludes halogenated alkanes) is 11. The first-order valence-corrected chi connectivity index (χ1v) is 15.3. The number of aryl methyl sites for hydroxylation is 2. The van der Waals surface area contributed by atoms with E-state index in [0.29, 0.717) is 22.7 Å². The van der Waals surface area contributed by atoms with E-state index in [1.54, 1.807) is 18.2 Å². The van der Waals surface area contributed by atoms with Crippen LogP contribution in [0.15, 0.2) is 54.9 Å². The maximum Gasteiger partial charge on any atom is 0.343 e. The standard InChI is InChI=1S/C35H45N3O2/c1-3-5-7-9-11-13-14-16-28-18-23-33(32(24-28)25-36)40-35(39)31-21-19-30(20-22-31)34-37-26-29(27-38-34)17-15-12-10-8-6-4-2/h18-24,26-27H,3-17H2,1-2H3. The molecule has 0 atom stereocenters. The van der Waals surface area contributed by atoms with Crippen molar-refractivity contribution in [2.75, 3.05) is 0 Å². The van der Waals surface area contributed by atoms with Gasteiger partial charge in [0.1, 0.15) is 11.8 Å². The minimum atomic E-state index is -0.488. The summed E-state index contributed by atoms with van der Waals surface area (Å²) in [5.41, 5.74) is 3.91. The molecule has 2 aromatic carbocycles. The van der Waals surface area contributed by atoms with E-state index >= 15 is 0 Å². The van der Waals surface area contributed by atoms with E-state index in [0.717, 1.165) is 36.0 Å². The predicted molar refractivity (Wildman–Crippen MR) is 162 cm³/mol. The maximum atomic E-state index is 12.8. The Morgan fingerprint density at radius 3 is 1.85 bits per heavy atom. The molecule has 0 saturated carbocycles. The van der Waals surface area contributed by atoms with Gasteiger partial charge < -0.3 is 4.74 Å². The van der Waals surface area contributed by atoms with Crippen LogP contribution in [0.4, 0.5) is 0 Å². The minimum absolute atomic E-state index is 0.296. The highest BCUT2D eigenvalue weighted by molar-refractivity contribution is 5.91. The number of rotatable bonds is 18. The molecule has 0 fully saturated rings. The average molecular weight is 540 g/mol. The molecule has 1 heterocycles. The van der Waals surface area contributed by atoms with Crippen LogP contribution in [0, 0.1) is 11.3 Å². The highest BCUT2D eigenvalue weighted by Gasteiger charge is 2.13. The lowest BCUT2D eigenvalue weighted by atomic mass is 10.0. The third-order valence-electron chi connectivity index (χ3n) is 7.34. The molecular formula is C35H45N3O2. The summed E-state index contributed by atoms with van der Waals surface area (Å²) in [6.07, 6.45) is 22.1. The van der Waals surface area contributed by atoms with Crippen LogP contribution < -0.4 is 4.74 Å². The zero-order valence-electron chi connectivity index (χ0n) is 24.5. The van der Waals surface area contributed by atoms with Gasteiger partial charge in [0.25, 0.3) is 0 Å². The lowest BCUT2D eigenvalue weighted by Gasteiger charge is -2.09. The second kappa shape index (κ2) is 17.9. The largest absolute Gasteiger partial charge is 0.422 e. The Morgan fingerprint density at radius 2 is 1.27 bits per heavy atom. The van der Waals surface area contributed by atoms with Gasteiger partial charge in [0, 0.05) is 18.0 Å². The van der Waals surface area contributed by atoms with Gasteiger partial charge in [0.15, 0.2) is 5.82 Å². The number of carbonyl (C=O) groups is 1. The maximum absolute atomic E-state index is 12.8. The van der Waals surface area contributed by atoms with Crippen LogP contribution in [0.2, 0.25) is 0 Å². The number of carbonyl (C=O) groups excluding carboxylic acids is 1. The zero-order chi connectivity index (χ0) is 28.4. The molecule has 0 aliphatic carbocycles. The molecule has 0 radical (unpaired) electrons. The average Bonchev–Trinajstić information content (AvgIpc) is 2.99. The van der Waals surface area contributed by atoms with Gasteiger partial charge >= 0.3 is 5.97 Å². The molecule has 212 valence electrons. The molecule has 0 aliphatic heterocycles. The molecule has 5 nitrogen and oxygen atoms in total. The van der Waals surface area contributed by atoms with Crippen molar-refractivity contribution in [1.29, 1.82) is 5.26 Å². The molecule has 1 aromatic heterocycles. The van der Waals surface area contributed by atoms with Crippen molar-refractivity contribution in [3.05, 3.63) is 77.1 Å². The van der Waals surface area contributed by atoms with Gasteiger partial charge in [-0.2, -0.15) is 5.26 Å². The zero-order valence-corrected chi connectivity index (χ0v) is 24.5. The van der Waals surface area contributed by atoms with E-state index in [9.17, 15) is 10.1 Å². The summed E-state index contributed by atoms with van der Waals surface area (Å²) >= 11 is 0. The van der Waals surface area contributed by atoms with Crippen molar-refractivity contribution < 1.29 is 9.53 Å². The molecule has 40 heavy (non-hydrogen) atoms. The molecule has 0 bridgehead atoms. The van der Waals surface area contributed by atoms with Gasteiger partial charge in [-0.25, -0.2) is 14.8 Å². The highest BCUT2D eigenvalue weighted by Crippen LogP contribution is 2.23. The summed E-state index contributed by atoms with van der Waals surface area (Å²) in [4.78, 5) is 21.9. The van der Waals surface area contributed by atoms with Crippen LogP contribution in [0.1, 0.15) is 124 Å². The number of nitrogens with zero attached hydrogens (tertiary/aromatic N) is 3. The fraction of sp³-hybridized carbons (Fsp3) is 0.486. The fourth-order valence-electron chi connectivity index (χ4n) is 4.85. The Morgan fingerprint density at radius 1 is 0.725 bits per heavy atom. The summed E-state index contributed by atoms with van der Waals surface area (Å²) in [5.74, 6) is 0.442. The SMILES string of the molecule is CCCCCCCCCc1ccc(OC(=O)c2ccc(-c3ncc(CCCCCCCC)cn3)cc2)c(C#N)c1. The van der Waals surface area contributed by atoms with Crippen LogP contribution in [0.5, 0.6) is 5.75 Å². The number of hydrogen-bond donors (Lipinski definition) is 0. The lowest BCUT2D eigenvalue weighted by molar-refractivity contribution is 0.0734. The molecular weight excluding hydrogens is 494 g/mol. The van der Waals surface area contributed by atoms with Crippen molar-refractivity contribution >= 4 is 5.97 Å². The minimum Gasteiger partial charge on any atom is -0.422 e. The number of aromatic nitrogens is 2. The Hall–Kier alpha value is -3.52. The van der Waals surface area contributed by atoms with E-state index < -0.39 is 5.97 Å². The summed E-state index contributed by atoms with van der Waals surface area (Å²) < 4.78 is 5.59. The first-order valence-electron chi connectivity index (χ1n) is 15.3. The normalized spacial score (nSPS) is 10.8. The van der Waals surface area contributed by atoms with Gasteiger partial charge in [0.2, 0.25) is 0 Å². The number of benzene rings is 2. The second-order valence-corrected chi connectivity index (χ2v) is 10.7.